The Hall–Kier alpha value is -1.68. The number of rotatable bonds is 3. The lowest BCUT2D eigenvalue weighted by molar-refractivity contribution is 0.307. The van der Waals surface area contributed by atoms with Gasteiger partial charge in [-0.1, -0.05) is 36.5 Å². The normalized spacial score (nSPS) is 17.1. The maximum atomic E-state index is 6.14. The van der Waals surface area contributed by atoms with Gasteiger partial charge in [0.25, 0.3) is 0 Å². The zero-order valence-electron chi connectivity index (χ0n) is 12.3. The summed E-state index contributed by atoms with van der Waals surface area (Å²) in [7, 11) is 1.63. The zero-order valence-corrected chi connectivity index (χ0v) is 13.0. The topological polar surface area (TPSA) is 61.3 Å². The molecule has 0 spiro atoms. The molecule has 1 fully saturated rings. The lowest BCUT2D eigenvalue weighted by Crippen LogP contribution is -2.17. The summed E-state index contributed by atoms with van der Waals surface area (Å²) in [6.07, 6.45) is 4.56. The molecule has 2 N–H and O–H groups in total. The van der Waals surface area contributed by atoms with E-state index in [9.17, 15) is 0 Å². The third-order valence-corrected chi connectivity index (χ3v) is 4.64. The molecule has 0 radical (unpaired) electrons. The molecule has 112 valence electrons. The van der Waals surface area contributed by atoms with Gasteiger partial charge < -0.3 is 15.0 Å². The molecule has 1 aromatic heterocycles. The maximum Gasteiger partial charge on any atom is 0.175 e. The van der Waals surface area contributed by atoms with Crippen molar-refractivity contribution in [2.45, 2.75) is 38.0 Å². The Morgan fingerprint density at radius 1 is 1.33 bits per heavy atom. The van der Waals surface area contributed by atoms with Crippen molar-refractivity contribution in [1.29, 1.82) is 0 Å². The predicted molar refractivity (Wildman–Crippen MR) is 83.7 cm³/mol. The zero-order chi connectivity index (χ0) is 15.0. The molecule has 0 aliphatic heterocycles. The highest BCUT2D eigenvalue weighted by molar-refractivity contribution is 6.31. The highest BCUT2D eigenvalue weighted by Crippen LogP contribution is 2.48. The van der Waals surface area contributed by atoms with E-state index >= 15 is 0 Å². The van der Waals surface area contributed by atoms with Crippen LogP contribution in [0.1, 0.15) is 38.4 Å². The molecular formula is C16H19ClN2O2. The second kappa shape index (κ2) is 5.26. The highest BCUT2D eigenvalue weighted by atomic mass is 35.5. The SMILES string of the molecule is COc1ccc(Cl)cc1-c1c(N)noc1C1(C)CCCC1. The van der Waals surface area contributed by atoms with Crippen LogP contribution in [0, 0.1) is 0 Å². The monoisotopic (exact) mass is 306 g/mol. The Morgan fingerprint density at radius 2 is 2.05 bits per heavy atom. The number of hydrogen-bond acceptors (Lipinski definition) is 4. The highest BCUT2D eigenvalue weighted by Gasteiger charge is 2.38. The number of nitrogens with two attached hydrogens (primary N) is 1. The molecule has 1 saturated carbocycles. The van der Waals surface area contributed by atoms with Crippen molar-refractivity contribution in [3.8, 4) is 16.9 Å². The molecule has 1 aromatic carbocycles. The minimum absolute atomic E-state index is 0.0206. The summed E-state index contributed by atoms with van der Waals surface area (Å²) in [5.41, 5.74) is 7.71. The fourth-order valence-electron chi connectivity index (χ4n) is 3.23. The van der Waals surface area contributed by atoms with E-state index in [1.165, 1.54) is 12.8 Å². The van der Waals surface area contributed by atoms with E-state index in [4.69, 9.17) is 26.6 Å². The van der Waals surface area contributed by atoms with Crippen LogP contribution in [0.3, 0.4) is 0 Å². The van der Waals surface area contributed by atoms with Crippen molar-refractivity contribution in [3.05, 3.63) is 29.0 Å². The number of nitrogens with zero attached hydrogens (tertiary/aromatic N) is 1. The van der Waals surface area contributed by atoms with E-state index in [1.807, 2.05) is 12.1 Å². The van der Waals surface area contributed by atoms with Crippen LogP contribution in [0.25, 0.3) is 11.1 Å². The first-order chi connectivity index (χ1) is 10.0. The van der Waals surface area contributed by atoms with E-state index in [2.05, 4.69) is 12.1 Å². The number of benzene rings is 1. The van der Waals surface area contributed by atoms with Crippen LogP contribution in [-0.2, 0) is 5.41 Å². The van der Waals surface area contributed by atoms with Crippen LogP contribution in [0.4, 0.5) is 5.82 Å². The Balaban J connectivity index is 2.19. The molecule has 1 heterocycles. The standard InChI is InChI=1S/C16H19ClN2O2/c1-16(7-3-4-8-16)14-13(15(18)19-21-14)11-9-10(17)5-6-12(11)20-2/h5-6,9H,3-4,7-8H2,1-2H3,(H2,18,19). The van der Waals surface area contributed by atoms with Gasteiger partial charge in [0, 0.05) is 16.0 Å². The summed E-state index contributed by atoms with van der Waals surface area (Å²) in [6.45, 7) is 2.21. The Morgan fingerprint density at radius 3 is 2.71 bits per heavy atom. The summed E-state index contributed by atoms with van der Waals surface area (Å²) in [4.78, 5) is 0. The smallest absolute Gasteiger partial charge is 0.175 e. The van der Waals surface area contributed by atoms with Gasteiger partial charge in [-0.3, -0.25) is 0 Å². The molecule has 0 unspecified atom stereocenters. The number of methoxy groups -OCH3 is 1. The van der Waals surface area contributed by atoms with Crippen molar-refractivity contribution in [3.63, 3.8) is 0 Å². The average molecular weight is 307 g/mol. The first-order valence-electron chi connectivity index (χ1n) is 7.15. The first kappa shape index (κ1) is 14.3. The summed E-state index contributed by atoms with van der Waals surface area (Å²) in [5.74, 6) is 1.95. The molecule has 1 aliphatic carbocycles. The summed E-state index contributed by atoms with van der Waals surface area (Å²) >= 11 is 6.14. The molecule has 1 aliphatic rings. The molecule has 3 rings (SSSR count). The van der Waals surface area contributed by atoms with Crippen molar-refractivity contribution >= 4 is 17.4 Å². The lowest BCUT2D eigenvalue weighted by atomic mass is 9.82. The van der Waals surface area contributed by atoms with Crippen LogP contribution in [0.2, 0.25) is 5.02 Å². The van der Waals surface area contributed by atoms with Gasteiger partial charge in [0.15, 0.2) is 11.6 Å². The Bertz CT molecular complexity index is 660. The van der Waals surface area contributed by atoms with Gasteiger partial charge in [0.1, 0.15) is 5.75 Å². The van der Waals surface area contributed by atoms with Crippen LogP contribution >= 0.6 is 11.6 Å². The number of ether oxygens (including phenoxy) is 1. The van der Waals surface area contributed by atoms with E-state index in [1.54, 1.807) is 13.2 Å². The van der Waals surface area contributed by atoms with Crippen LogP contribution in [0.15, 0.2) is 22.7 Å². The third-order valence-electron chi connectivity index (χ3n) is 4.40. The van der Waals surface area contributed by atoms with Crippen molar-refractivity contribution < 1.29 is 9.26 Å². The molecule has 4 nitrogen and oxygen atoms in total. The third kappa shape index (κ3) is 2.38. The Kier molecular flexibility index (Phi) is 3.57. The largest absolute Gasteiger partial charge is 0.496 e. The van der Waals surface area contributed by atoms with Crippen LogP contribution in [0.5, 0.6) is 5.75 Å². The number of anilines is 1. The second-order valence-electron chi connectivity index (χ2n) is 5.88. The Labute approximate surface area is 129 Å². The maximum absolute atomic E-state index is 6.14. The minimum atomic E-state index is -0.0206. The average Bonchev–Trinajstić information content (AvgIpc) is 3.06. The molecule has 0 saturated heterocycles. The number of hydrogen-bond donors (Lipinski definition) is 1. The molecule has 0 amide bonds. The number of halogens is 1. The van der Waals surface area contributed by atoms with Crippen LogP contribution in [-0.4, -0.2) is 12.3 Å². The molecule has 0 atom stereocenters. The van der Waals surface area contributed by atoms with Gasteiger partial charge in [-0.15, -0.1) is 0 Å². The fourth-order valence-corrected chi connectivity index (χ4v) is 3.40. The van der Waals surface area contributed by atoms with Gasteiger partial charge in [-0.2, -0.15) is 0 Å². The molecule has 5 heteroatoms. The summed E-state index contributed by atoms with van der Waals surface area (Å²) in [6, 6.07) is 5.49. The first-order valence-corrected chi connectivity index (χ1v) is 7.52. The van der Waals surface area contributed by atoms with Gasteiger partial charge in [0.05, 0.1) is 12.7 Å². The summed E-state index contributed by atoms with van der Waals surface area (Å²) < 4.78 is 11.0. The van der Waals surface area contributed by atoms with E-state index in [0.29, 0.717) is 10.8 Å². The van der Waals surface area contributed by atoms with E-state index in [0.717, 1.165) is 35.5 Å². The molecule has 0 bridgehead atoms. The van der Waals surface area contributed by atoms with Gasteiger partial charge in [0.2, 0.25) is 0 Å². The van der Waals surface area contributed by atoms with E-state index < -0.39 is 0 Å². The number of aromatic nitrogens is 1. The van der Waals surface area contributed by atoms with Gasteiger partial charge >= 0.3 is 0 Å². The lowest BCUT2D eigenvalue weighted by Gasteiger charge is -2.21. The minimum Gasteiger partial charge on any atom is -0.496 e. The van der Waals surface area contributed by atoms with Gasteiger partial charge in [-0.25, -0.2) is 0 Å². The van der Waals surface area contributed by atoms with Crippen LogP contribution < -0.4 is 10.5 Å². The number of nitrogen functional groups attached to an aromatic ring is 1. The fraction of sp³-hybridized carbons (Fsp3) is 0.438. The second-order valence-corrected chi connectivity index (χ2v) is 6.32. The molecule has 2 aromatic rings. The van der Waals surface area contributed by atoms with Crippen molar-refractivity contribution in [2.24, 2.45) is 0 Å². The quantitative estimate of drug-likeness (QED) is 0.912. The molecular weight excluding hydrogens is 288 g/mol. The molecule has 21 heavy (non-hydrogen) atoms. The van der Waals surface area contributed by atoms with Gasteiger partial charge in [-0.05, 0) is 31.0 Å². The van der Waals surface area contributed by atoms with Crippen molar-refractivity contribution in [1.82, 2.24) is 5.16 Å². The summed E-state index contributed by atoms with van der Waals surface area (Å²) in [5, 5.41) is 4.63. The van der Waals surface area contributed by atoms with E-state index in [-0.39, 0.29) is 5.41 Å². The predicted octanol–water partition coefficient (Wildman–Crippen LogP) is 4.42. The van der Waals surface area contributed by atoms with Crippen molar-refractivity contribution in [2.75, 3.05) is 12.8 Å².